The van der Waals surface area contributed by atoms with Crippen molar-refractivity contribution < 1.29 is 4.92 Å². The Labute approximate surface area is 118 Å². The summed E-state index contributed by atoms with van der Waals surface area (Å²) in [6, 6.07) is 7.33. The Balaban J connectivity index is 2.13. The molecule has 6 heteroatoms. The highest BCUT2D eigenvalue weighted by molar-refractivity contribution is 5.59. The molecule has 2 atom stereocenters. The summed E-state index contributed by atoms with van der Waals surface area (Å²) in [6.07, 6.45) is 2.01. The van der Waals surface area contributed by atoms with Crippen molar-refractivity contribution in [2.24, 2.45) is 0 Å². The fourth-order valence-electron chi connectivity index (χ4n) is 2.52. The highest BCUT2D eigenvalue weighted by atomic mass is 16.6. The van der Waals surface area contributed by atoms with Crippen LogP contribution in [0.25, 0.3) is 0 Å². The van der Waals surface area contributed by atoms with Crippen molar-refractivity contribution in [1.82, 2.24) is 4.90 Å². The molecule has 1 aliphatic rings. The van der Waals surface area contributed by atoms with Crippen LogP contribution < -0.4 is 5.32 Å². The van der Waals surface area contributed by atoms with Crippen LogP contribution in [0.5, 0.6) is 0 Å². The molecule has 0 saturated carbocycles. The normalized spacial score (nSPS) is 23.1. The van der Waals surface area contributed by atoms with Crippen molar-refractivity contribution in [3.05, 3.63) is 33.9 Å². The summed E-state index contributed by atoms with van der Waals surface area (Å²) < 4.78 is 0. The van der Waals surface area contributed by atoms with Crippen LogP contribution in [0, 0.1) is 21.4 Å². The van der Waals surface area contributed by atoms with Crippen LogP contribution in [-0.4, -0.2) is 35.5 Å². The summed E-state index contributed by atoms with van der Waals surface area (Å²) in [6.45, 7) is 3.19. The Morgan fingerprint density at radius 1 is 1.55 bits per heavy atom. The van der Waals surface area contributed by atoms with E-state index in [0.29, 0.717) is 17.8 Å². The Bertz CT molecular complexity index is 553. The number of benzene rings is 1. The number of likely N-dealkylation sites (tertiary alicyclic amines) is 1. The predicted molar refractivity (Wildman–Crippen MR) is 76.5 cm³/mol. The minimum atomic E-state index is -0.513. The first-order chi connectivity index (χ1) is 9.51. The maximum atomic E-state index is 10.9. The van der Waals surface area contributed by atoms with Gasteiger partial charge in [-0.25, -0.2) is 0 Å². The molecular formula is C14H18N4O2. The van der Waals surface area contributed by atoms with Gasteiger partial charge in [-0.1, -0.05) is 0 Å². The summed E-state index contributed by atoms with van der Waals surface area (Å²) in [5.41, 5.74) is 0.660. The molecule has 0 bridgehead atoms. The van der Waals surface area contributed by atoms with Gasteiger partial charge in [-0.3, -0.25) is 10.1 Å². The molecule has 0 radical (unpaired) electrons. The Kier molecular flexibility index (Phi) is 4.20. The molecule has 6 nitrogen and oxygen atoms in total. The lowest BCUT2D eigenvalue weighted by Gasteiger charge is -2.35. The minimum Gasteiger partial charge on any atom is -0.382 e. The number of nitro groups is 1. The molecule has 1 fully saturated rings. The van der Waals surface area contributed by atoms with E-state index in [-0.39, 0.29) is 11.3 Å². The molecule has 20 heavy (non-hydrogen) atoms. The fraction of sp³-hybridized carbons (Fsp3) is 0.500. The second-order valence-corrected chi connectivity index (χ2v) is 5.30. The van der Waals surface area contributed by atoms with E-state index < -0.39 is 4.92 Å². The van der Waals surface area contributed by atoms with E-state index in [1.807, 2.05) is 6.07 Å². The molecule has 2 unspecified atom stereocenters. The van der Waals surface area contributed by atoms with Gasteiger partial charge in [0.25, 0.3) is 5.69 Å². The second kappa shape index (κ2) is 5.88. The van der Waals surface area contributed by atoms with Gasteiger partial charge in [-0.05, 0) is 38.9 Å². The Morgan fingerprint density at radius 2 is 2.30 bits per heavy atom. The Hall–Kier alpha value is -2.13. The maximum absolute atomic E-state index is 10.9. The number of anilines is 1. The van der Waals surface area contributed by atoms with Crippen molar-refractivity contribution in [3.8, 4) is 6.07 Å². The summed E-state index contributed by atoms with van der Waals surface area (Å²) in [7, 11) is 2.10. The predicted octanol–water partition coefficient (Wildman–Crippen LogP) is 2.36. The zero-order valence-electron chi connectivity index (χ0n) is 11.7. The fourth-order valence-corrected chi connectivity index (χ4v) is 2.52. The number of hydrogen-bond acceptors (Lipinski definition) is 5. The van der Waals surface area contributed by atoms with Crippen LogP contribution >= 0.6 is 0 Å². The van der Waals surface area contributed by atoms with Crippen molar-refractivity contribution in [3.63, 3.8) is 0 Å². The maximum Gasteiger partial charge on any atom is 0.289 e. The average molecular weight is 274 g/mol. The number of piperidine rings is 1. The van der Waals surface area contributed by atoms with Crippen LogP contribution in [0.15, 0.2) is 18.2 Å². The number of nitriles is 1. The molecule has 1 N–H and O–H groups in total. The molecule has 2 rings (SSSR count). The molecule has 1 heterocycles. The van der Waals surface area contributed by atoms with Crippen LogP contribution in [0.1, 0.15) is 25.3 Å². The van der Waals surface area contributed by atoms with Gasteiger partial charge in [0.05, 0.1) is 4.92 Å². The van der Waals surface area contributed by atoms with E-state index in [0.717, 1.165) is 19.4 Å². The smallest absolute Gasteiger partial charge is 0.289 e. The lowest BCUT2D eigenvalue weighted by molar-refractivity contribution is -0.385. The van der Waals surface area contributed by atoms with Gasteiger partial charge in [-0.2, -0.15) is 5.26 Å². The lowest BCUT2D eigenvalue weighted by atomic mass is 9.98. The van der Waals surface area contributed by atoms with Crippen LogP contribution in [0.4, 0.5) is 11.4 Å². The first-order valence-electron chi connectivity index (χ1n) is 6.66. The van der Waals surface area contributed by atoms with E-state index in [2.05, 4.69) is 24.2 Å². The Morgan fingerprint density at radius 3 is 2.90 bits per heavy atom. The van der Waals surface area contributed by atoms with E-state index >= 15 is 0 Å². The van der Waals surface area contributed by atoms with Gasteiger partial charge in [0.2, 0.25) is 0 Å². The average Bonchev–Trinajstić information content (AvgIpc) is 2.43. The van der Waals surface area contributed by atoms with Crippen LogP contribution in [0.3, 0.4) is 0 Å². The number of hydrogen-bond donors (Lipinski definition) is 1. The van der Waals surface area contributed by atoms with Crippen LogP contribution in [-0.2, 0) is 0 Å². The number of nitrogens with one attached hydrogen (secondary N) is 1. The van der Waals surface area contributed by atoms with Gasteiger partial charge in [0.1, 0.15) is 11.6 Å². The van der Waals surface area contributed by atoms with Crippen LogP contribution in [0.2, 0.25) is 0 Å². The minimum absolute atomic E-state index is 0.0947. The van der Waals surface area contributed by atoms with E-state index in [4.69, 9.17) is 5.26 Å². The molecule has 1 aromatic carbocycles. The van der Waals surface area contributed by atoms with E-state index in [1.54, 1.807) is 6.07 Å². The standard InChI is InChI=1S/C14H18N4O2/c1-10-7-13(5-6-17(10)2)16-12-4-3-11(9-15)14(8-12)18(19)20/h3-4,8,10,13,16H,5-7H2,1-2H3. The summed E-state index contributed by atoms with van der Waals surface area (Å²) >= 11 is 0. The highest BCUT2D eigenvalue weighted by Gasteiger charge is 2.23. The van der Waals surface area contributed by atoms with Crippen molar-refractivity contribution in [2.45, 2.75) is 31.8 Å². The third kappa shape index (κ3) is 3.06. The number of nitro benzene ring substituents is 1. The van der Waals surface area contributed by atoms with Gasteiger partial charge in [-0.15, -0.1) is 0 Å². The number of rotatable bonds is 3. The number of nitrogens with zero attached hydrogens (tertiary/aromatic N) is 3. The van der Waals surface area contributed by atoms with Gasteiger partial charge >= 0.3 is 0 Å². The molecule has 0 spiro atoms. The topological polar surface area (TPSA) is 82.2 Å². The van der Waals surface area contributed by atoms with Crippen molar-refractivity contribution >= 4 is 11.4 Å². The first-order valence-corrected chi connectivity index (χ1v) is 6.66. The summed E-state index contributed by atoms with van der Waals surface area (Å²) in [5, 5.41) is 23.1. The summed E-state index contributed by atoms with van der Waals surface area (Å²) in [4.78, 5) is 12.7. The van der Waals surface area contributed by atoms with E-state index in [9.17, 15) is 10.1 Å². The SMILES string of the molecule is CC1CC(Nc2ccc(C#N)c([N+](=O)[O-])c2)CCN1C. The third-order valence-electron chi connectivity index (χ3n) is 3.89. The zero-order valence-corrected chi connectivity index (χ0v) is 11.7. The molecule has 0 aromatic heterocycles. The van der Waals surface area contributed by atoms with E-state index in [1.165, 1.54) is 12.1 Å². The molecule has 1 saturated heterocycles. The van der Waals surface area contributed by atoms with Gasteiger partial charge < -0.3 is 10.2 Å². The zero-order chi connectivity index (χ0) is 14.7. The highest BCUT2D eigenvalue weighted by Crippen LogP contribution is 2.25. The molecule has 1 aromatic rings. The third-order valence-corrected chi connectivity index (χ3v) is 3.89. The van der Waals surface area contributed by atoms with Crippen molar-refractivity contribution in [1.29, 1.82) is 5.26 Å². The second-order valence-electron chi connectivity index (χ2n) is 5.30. The molecular weight excluding hydrogens is 256 g/mol. The molecule has 0 aliphatic carbocycles. The van der Waals surface area contributed by atoms with Crippen molar-refractivity contribution in [2.75, 3.05) is 18.9 Å². The molecule has 106 valence electrons. The molecule has 0 amide bonds. The first kappa shape index (κ1) is 14.3. The van der Waals surface area contributed by atoms with Gasteiger partial charge in [0, 0.05) is 30.4 Å². The quantitative estimate of drug-likeness (QED) is 0.676. The lowest BCUT2D eigenvalue weighted by Crippen LogP contribution is -2.42. The van der Waals surface area contributed by atoms with Gasteiger partial charge in [0.15, 0.2) is 0 Å². The largest absolute Gasteiger partial charge is 0.382 e. The molecule has 1 aliphatic heterocycles. The summed E-state index contributed by atoms with van der Waals surface area (Å²) in [5.74, 6) is 0. The monoisotopic (exact) mass is 274 g/mol.